The Morgan fingerprint density at radius 2 is 1.81 bits per heavy atom. The number of benzene rings is 1. The third kappa shape index (κ3) is 4.58. The Kier molecular flexibility index (Phi) is 5.91. The van der Waals surface area contributed by atoms with Crippen LogP contribution in [-0.2, 0) is 0 Å². The summed E-state index contributed by atoms with van der Waals surface area (Å²) in [5.41, 5.74) is 1.18. The second-order valence-electron chi connectivity index (χ2n) is 3.87. The summed E-state index contributed by atoms with van der Waals surface area (Å²) >= 11 is 3.43. The number of hydrogen-bond donors (Lipinski definition) is 0. The van der Waals surface area contributed by atoms with Gasteiger partial charge in [-0.25, -0.2) is 8.78 Å². The molecule has 90 valence electrons. The van der Waals surface area contributed by atoms with Crippen molar-refractivity contribution in [1.29, 1.82) is 0 Å². The number of rotatable bonds is 6. The fourth-order valence-corrected chi connectivity index (χ4v) is 2.23. The SMILES string of the molecule is CN(CC(F)F)CC(CBr)c1ccccc1. The van der Waals surface area contributed by atoms with Gasteiger partial charge in [0.1, 0.15) is 0 Å². The first-order valence-corrected chi connectivity index (χ1v) is 6.33. The van der Waals surface area contributed by atoms with Crippen molar-refractivity contribution in [3.63, 3.8) is 0 Å². The van der Waals surface area contributed by atoms with Crippen molar-refractivity contribution >= 4 is 15.9 Å². The van der Waals surface area contributed by atoms with E-state index in [1.165, 1.54) is 5.56 Å². The van der Waals surface area contributed by atoms with E-state index in [-0.39, 0.29) is 12.5 Å². The van der Waals surface area contributed by atoms with Gasteiger partial charge in [0.05, 0.1) is 6.54 Å². The normalized spacial score (nSPS) is 13.4. The average molecular weight is 292 g/mol. The lowest BCUT2D eigenvalue weighted by molar-refractivity contribution is 0.0985. The summed E-state index contributed by atoms with van der Waals surface area (Å²) < 4.78 is 24.4. The maximum atomic E-state index is 12.2. The summed E-state index contributed by atoms with van der Waals surface area (Å²) in [7, 11) is 1.73. The Labute approximate surface area is 104 Å². The molecule has 0 aliphatic rings. The summed E-state index contributed by atoms with van der Waals surface area (Å²) in [4.78, 5) is 1.67. The molecule has 1 rings (SSSR count). The summed E-state index contributed by atoms with van der Waals surface area (Å²) in [6.45, 7) is 0.468. The van der Waals surface area contributed by atoms with Gasteiger partial charge >= 0.3 is 0 Å². The first-order chi connectivity index (χ1) is 7.63. The minimum Gasteiger partial charge on any atom is -0.300 e. The van der Waals surface area contributed by atoms with E-state index in [1.54, 1.807) is 11.9 Å². The van der Waals surface area contributed by atoms with Crippen LogP contribution in [-0.4, -0.2) is 36.8 Å². The molecule has 0 saturated carbocycles. The summed E-state index contributed by atoms with van der Waals surface area (Å²) in [5, 5.41) is 0.782. The number of hydrogen-bond acceptors (Lipinski definition) is 1. The predicted molar refractivity (Wildman–Crippen MR) is 66.5 cm³/mol. The van der Waals surface area contributed by atoms with Gasteiger partial charge in [-0.15, -0.1) is 0 Å². The zero-order chi connectivity index (χ0) is 12.0. The molecule has 0 radical (unpaired) electrons. The smallest absolute Gasteiger partial charge is 0.251 e. The Hall–Kier alpha value is -0.480. The molecule has 0 N–H and O–H groups in total. The van der Waals surface area contributed by atoms with Crippen LogP contribution in [0.4, 0.5) is 8.78 Å². The van der Waals surface area contributed by atoms with Crippen LogP contribution < -0.4 is 0 Å². The van der Waals surface area contributed by atoms with Gasteiger partial charge in [0.2, 0.25) is 0 Å². The van der Waals surface area contributed by atoms with Gasteiger partial charge < -0.3 is 4.90 Å². The monoisotopic (exact) mass is 291 g/mol. The van der Waals surface area contributed by atoms with Gasteiger partial charge in [0.15, 0.2) is 0 Å². The maximum Gasteiger partial charge on any atom is 0.251 e. The van der Waals surface area contributed by atoms with Crippen molar-refractivity contribution in [2.24, 2.45) is 0 Å². The zero-order valence-electron chi connectivity index (χ0n) is 9.24. The Morgan fingerprint density at radius 3 is 2.31 bits per heavy atom. The van der Waals surface area contributed by atoms with Gasteiger partial charge in [0, 0.05) is 17.8 Å². The van der Waals surface area contributed by atoms with Crippen molar-refractivity contribution < 1.29 is 8.78 Å². The van der Waals surface area contributed by atoms with Crippen LogP contribution in [0.1, 0.15) is 11.5 Å². The molecule has 0 heterocycles. The van der Waals surface area contributed by atoms with E-state index in [4.69, 9.17) is 0 Å². The number of nitrogens with zero attached hydrogens (tertiary/aromatic N) is 1. The van der Waals surface area contributed by atoms with Crippen LogP contribution >= 0.6 is 15.9 Å². The molecule has 0 saturated heterocycles. The van der Waals surface area contributed by atoms with Crippen molar-refractivity contribution in [3.8, 4) is 0 Å². The van der Waals surface area contributed by atoms with Crippen LogP contribution in [0.3, 0.4) is 0 Å². The fourth-order valence-electron chi connectivity index (χ4n) is 1.65. The molecule has 16 heavy (non-hydrogen) atoms. The van der Waals surface area contributed by atoms with Crippen molar-refractivity contribution in [2.75, 3.05) is 25.5 Å². The molecule has 0 aliphatic heterocycles. The molecular weight excluding hydrogens is 276 g/mol. The average Bonchev–Trinajstić information content (AvgIpc) is 2.26. The van der Waals surface area contributed by atoms with E-state index in [1.807, 2.05) is 30.3 Å². The molecule has 1 unspecified atom stereocenters. The first kappa shape index (κ1) is 13.6. The Balaban J connectivity index is 2.56. The van der Waals surface area contributed by atoms with Gasteiger partial charge in [-0.1, -0.05) is 46.3 Å². The molecule has 0 bridgehead atoms. The molecular formula is C12H16BrF2N. The molecule has 4 heteroatoms. The molecule has 0 amide bonds. The van der Waals surface area contributed by atoms with E-state index in [2.05, 4.69) is 15.9 Å². The first-order valence-electron chi connectivity index (χ1n) is 5.21. The van der Waals surface area contributed by atoms with Gasteiger partial charge in [-0.2, -0.15) is 0 Å². The van der Waals surface area contributed by atoms with Crippen LogP contribution in [0.2, 0.25) is 0 Å². The maximum absolute atomic E-state index is 12.2. The summed E-state index contributed by atoms with van der Waals surface area (Å²) in [5.74, 6) is 0.255. The minimum absolute atomic E-state index is 0.170. The number of alkyl halides is 3. The van der Waals surface area contributed by atoms with E-state index in [0.717, 1.165) is 5.33 Å². The third-order valence-electron chi connectivity index (χ3n) is 2.44. The second-order valence-corrected chi connectivity index (χ2v) is 4.52. The molecule has 0 aliphatic carbocycles. The standard InChI is InChI=1S/C12H16BrF2N/c1-16(9-12(14)15)8-11(7-13)10-5-3-2-4-6-10/h2-6,11-12H,7-9H2,1H3. The third-order valence-corrected chi connectivity index (χ3v) is 3.22. The Morgan fingerprint density at radius 1 is 1.19 bits per heavy atom. The van der Waals surface area contributed by atoms with Crippen LogP contribution in [0.15, 0.2) is 30.3 Å². The number of halogens is 3. The Bertz CT molecular complexity index is 292. The molecule has 0 aromatic heterocycles. The van der Waals surface area contributed by atoms with E-state index in [0.29, 0.717) is 6.54 Å². The van der Waals surface area contributed by atoms with E-state index >= 15 is 0 Å². The van der Waals surface area contributed by atoms with E-state index < -0.39 is 6.43 Å². The van der Waals surface area contributed by atoms with Crippen molar-refractivity contribution in [3.05, 3.63) is 35.9 Å². The molecule has 1 nitrogen and oxygen atoms in total. The fraction of sp³-hybridized carbons (Fsp3) is 0.500. The summed E-state index contributed by atoms with van der Waals surface area (Å²) in [6, 6.07) is 9.96. The predicted octanol–water partition coefficient (Wildman–Crippen LogP) is 3.36. The van der Waals surface area contributed by atoms with Crippen LogP contribution in [0.5, 0.6) is 0 Å². The second kappa shape index (κ2) is 6.97. The topological polar surface area (TPSA) is 3.24 Å². The van der Waals surface area contributed by atoms with Crippen molar-refractivity contribution in [2.45, 2.75) is 12.3 Å². The highest BCUT2D eigenvalue weighted by atomic mass is 79.9. The molecule has 1 aromatic carbocycles. The van der Waals surface area contributed by atoms with Crippen LogP contribution in [0.25, 0.3) is 0 Å². The quantitative estimate of drug-likeness (QED) is 0.727. The van der Waals surface area contributed by atoms with E-state index in [9.17, 15) is 8.78 Å². The molecule has 1 atom stereocenters. The molecule has 0 spiro atoms. The minimum atomic E-state index is -2.27. The zero-order valence-corrected chi connectivity index (χ0v) is 10.8. The van der Waals surface area contributed by atoms with Crippen molar-refractivity contribution in [1.82, 2.24) is 4.90 Å². The lowest BCUT2D eigenvalue weighted by Gasteiger charge is -2.22. The van der Waals surface area contributed by atoms with Crippen LogP contribution in [0, 0.1) is 0 Å². The highest BCUT2D eigenvalue weighted by Gasteiger charge is 2.15. The van der Waals surface area contributed by atoms with Gasteiger partial charge in [0.25, 0.3) is 6.43 Å². The molecule has 0 fully saturated rings. The lowest BCUT2D eigenvalue weighted by Crippen LogP contribution is -2.29. The molecule has 1 aromatic rings. The van der Waals surface area contributed by atoms with Gasteiger partial charge in [-0.3, -0.25) is 0 Å². The van der Waals surface area contributed by atoms with Gasteiger partial charge in [-0.05, 0) is 12.6 Å². The summed E-state index contributed by atoms with van der Waals surface area (Å²) in [6.07, 6.45) is -2.27. The lowest BCUT2D eigenvalue weighted by atomic mass is 10.0. The highest BCUT2D eigenvalue weighted by Crippen LogP contribution is 2.19. The largest absolute Gasteiger partial charge is 0.300 e. The highest BCUT2D eigenvalue weighted by molar-refractivity contribution is 9.09. The number of likely N-dealkylation sites (N-methyl/N-ethyl adjacent to an activating group) is 1.